The largest absolute Gasteiger partial charge is 0.478 e. The van der Waals surface area contributed by atoms with Gasteiger partial charge in [0.05, 0.1) is 12.2 Å². The molecule has 0 fully saturated rings. The zero-order valence-corrected chi connectivity index (χ0v) is 13.8. The van der Waals surface area contributed by atoms with Gasteiger partial charge in [0.15, 0.2) is 0 Å². The van der Waals surface area contributed by atoms with Gasteiger partial charge in [0.1, 0.15) is 6.10 Å². The first-order valence-electron chi connectivity index (χ1n) is 7.34. The third kappa shape index (κ3) is 3.36. The van der Waals surface area contributed by atoms with E-state index in [1.165, 1.54) is 0 Å². The third-order valence-corrected chi connectivity index (χ3v) is 5.66. The van der Waals surface area contributed by atoms with Crippen LogP contribution in [0.15, 0.2) is 23.7 Å². The highest BCUT2D eigenvalue weighted by molar-refractivity contribution is 7.58. The molecule has 0 aromatic rings. The Morgan fingerprint density at radius 1 is 1.25 bits per heavy atom. The van der Waals surface area contributed by atoms with Crippen LogP contribution in [0, 0.1) is 11.8 Å². The topological polar surface area (TPSA) is 44.8 Å². The fourth-order valence-corrected chi connectivity index (χ4v) is 4.69. The van der Waals surface area contributed by atoms with Gasteiger partial charge < -0.3 is 13.8 Å². The predicted octanol–water partition coefficient (Wildman–Crippen LogP) is 4.48. The molecule has 1 aliphatic carbocycles. The number of allylic oxidation sites excluding steroid dienone is 2. The molecule has 0 bridgehead atoms. The highest BCUT2D eigenvalue weighted by Crippen LogP contribution is 2.60. The van der Waals surface area contributed by atoms with E-state index in [1.807, 2.05) is 39.8 Å². The molecule has 4 nitrogen and oxygen atoms in total. The quantitative estimate of drug-likeness (QED) is 0.554. The second kappa shape index (κ2) is 6.05. The molecule has 1 heterocycles. The highest BCUT2D eigenvalue weighted by atomic mass is 31.2. The fourth-order valence-electron chi connectivity index (χ4n) is 2.65. The molecule has 5 heteroatoms. The Hall–Kier alpha value is -0.570. The van der Waals surface area contributed by atoms with Crippen LogP contribution in [-0.4, -0.2) is 18.3 Å². The van der Waals surface area contributed by atoms with E-state index >= 15 is 0 Å². The maximum absolute atomic E-state index is 13.1. The lowest BCUT2D eigenvalue weighted by atomic mass is 9.89. The molecular weight excluding hydrogens is 275 g/mol. The van der Waals surface area contributed by atoms with Crippen LogP contribution in [0.2, 0.25) is 0 Å². The third-order valence-electron chi connectivity index (χ3n) is 3.46. The minimum atomic E-state index is -3.39. The summed E-state index contributed by atoms with van der Waals surface area (Å²) in [6.45, 7) is 9.52. The van der Waals surface area contributed by atoms with E-state index in [4.69, 9.17) is 13.8 Å². The van der Waals surface area contributed by atoms with E-state index in [-0.39, 0.29) is 18.3 Å². The Labute approximate surface area is 121 Å². The molecule has 0 aromatic heterocycles. The first-order chi connectivity index (χ1) is 9.32. The van der Waals surface area contributed by atoms with E-state index in [0.717, 1.165) is 6.42 Å². The average molecular weight is 300 g/mol. The van der Waals surface area contributed by atoms with E-state index in [9.17, 15) is 4.57 Å². The molecular formula is C15H25O4P. The SMILES string of the molecule is CC(C)OP(=O)(OC(C)C)C1=C[C@@H](C)[C@H]2CC=C[C@@H]2O1. The molecule has 0 N–H and O–H groups in total. The van der Waals surface area contributed by atoms with Gasteiger partial charge in [-0.3, -0.25) is 4.57 Å². The van der Waals surface area contributed by atoms with Crippen molar-refractivity contribution < 1.29 is 18.3 Å². The number of hydrogen-bond donors (Lipinski definition) is 0. The molecule has 0 saturated heterocycles. The molecule has 2 rings (SSSR count). The Morgan fingerprint density at radius 3 is 2.40 bits per heavy atom. The molecule has 3 atom stereocenters. The lowest BCUT2D eigenvalue weighted by Crippen LogP contribution is -2.28. The number of fused-ring (bicyclic) bond motifs is 1. The summed E-state index contributed by atoms with van der Waals surface area (Å²) in [6, 6.07) is 0. The van der Waals surface area contributed by atoms with Gasteiger partial charge in [-0.25, -0.2) is 0 Å². The molecule has 0 saturated carbocycles. The Balaban J connectivity index is 2.26. The summed E-state index contributed by atoms with van der Waals surface area (Å²) in [5.74, 6) is 0.740. The summed E-state index contributed by atoms with van der Waals surface area (Å²) in [5, 5.41) is 0. The lowest BCUT2D eigenvalue weighted by molar-refractivity contribution is 0.0658. The molecule has 1 aliphatic heterocycles. The predicted molar refractivity (Wildman–Crippen MR) is 79.4 cm³/mol. The number of rotatable bonds is 5. The monoisotopic (exact) mass is 300 g/mol. The average Bonchev–Trinajstić information content (AvgIpc) is 2.75. The smallest absolute Gasteiger partial charge is 0.395 e. The van der Waals surface area contributed by atoms with Crippen LogP contribution in [0.4, 0.5) is 0 Å². The van der Waals surface area contributed by atoms with Gasteiger partial charge in [-0.1, -0.05) is 13.0 Å². The van der Waals surface area contributed by atoms with Crippen molar-refractivity contribution in [2.45, 2.75) is 59.4 Å². The van der Waals surface area contributed by atoms with Crippen molar-refractivity contribution >= 4 is 7.60 Å². The zero-order chi connectivity index (χ0) is 14.9. The summed E-state index contributed by atoms with van der Waals surface area (Å²) >= 11 is 0. The van der Waals surface area contributed by atoms with Crippen LogP contribution >= 0.6 is 7.60 Å². The summed E-state index contributed by atoms with van der Waals surface area (Å²) in [6.07, 6.45) is 6.72. The minimum Gasteiger partial charge on any atom is -0.478 e. The minimum absolute atomic E-state index is 0.00940. The summed E-state index contributed by atoms with van der Waals surface area (Å²) in [4.78, 5) is 0. The van der Waals surface area contributed by atoms with Gasteiger partial charge >= 0.3 is 7.60 Å². The van der Waals surface area contributed by atoms with Gasteiger partial charge in [-0.2, -0.15) is 0 Å². The van der Waals surface area contributed by atoms with E-state index < -0.39 is 7.60 Å². The highest BCUT2D eigenvalue weighted by Gasteiger charge is 2.42. The second-order valence-corrected chi connectivity index (χ2v) is 7.94. The van der Waals surface area contributed by atoms with E-state index in [0.29, 0.717) is 17.3 Å². The van der Waals surface area contributed by atoms with Crippen LogP contribution in [0.5, 0.6) is 0 Å². The van der Waals surface area contributed by atoms with Crippen molar-refractivity contribution in [3.63, 3.8) is 0 Å². The standard InChI is InChI=1S/C15H25O4P/c1-10(2)18-20(16,19-11(3)4)15-9-12(5)13-7-6-8-14(13)17-15/h6,8-14H,7H2,1-5H3/t12-,13-,14+/m1/s1. The molecule has 114 valence electrons. The van der Waals surface area contributed by atoms with Crippen LogP contribution in [0.3, 0.4) is 0 Å². The van der Waals surface area contributed by atoms with Crippen molar-refractivity contribution in [3.05, 3.63) is 23.7 Å². The molecule has 0 amide bonds. The van der Waals surface area contributed by atoms with Crippen LogP contribution in [0.25, 0.3) is 0 Å². The molecule has 20 heavy (non-hydrogen) atoms. The fraction of sp³-hybridized carbons (Fsp3) is 0.733. The van der Waals surface area contributed by atoms with Gasteiger partial charge in [-0.15, -0.1) is 0 Å². The first-order valence-corrected chi connectivity index (χ1v) is 8.88. The molecule has 0 aromatic carbocycles. The second-order valence-electron chi connectivity index (χ2n) is 6.08. The molecule has 0 radical (unpaired) electrons. The lowest BCUT2D eigenvalue weighted by Gasteiger charge is -2.34. The maximum Gasteiger partial charge on any atom is 0.395 e. The Morgan fingerprint density at radius 2 is 1.85 bits per heavy atom. The number of hydrogen-bond acceptors (Lipinski definition) is 4. The van der Waals surface area contributed by atoms with E-state index in [2.05, 4.69) is 13.0 Å². The van der Waals surface area contributed by atoms with Crippen molar-refractivity contribution in [1.82, 2.24) is 0 Å². The summed E-state index contributed by atoms with van der Waals surface area (Å²) in [5.41, 5.74) is 0.375. The zero-order valence-electron chi connectivity index (χ0n) is 12.9. The maximum atomic E-state index is 13.1. The van der Waals surface area contributed by atoms with Crippen molar-refractivity contribution in [2.75, 3.05) is 0 Å². The van der Waals surface area contributed by atoms with Crippen molar-refractivity contribution in [3.8, 4) is 0 Å². The molecule has 2 aliphatic rings. The van der Waals surface area contributed by atoms with Gasteiger partial charge in [0.2, 0.25) is 5.50 Å². The van der Waals surface area contributed by atoms with Crippen molar-refractivity contribution in [1.29, 1.82) is 0 Å². The van der Waals surface area contributed by atoms with Gasteiger partial charge in [-0.05, 0) is 52.2 Å². The van der Waals surface area contributed by atoms with Crippen molar-refractivity contribution in [2.24, 2.45) is 11.8 Å². The van der Waals surface area contributed by atoms with Crippen LogP contribution in [-0.2, 0) is 18.3 Å². The summed E-state index contributed by atoms with van der Waals surface area (Å²) in [7, 11) is -3.39. The van der Waals surface area contributed by atoms with Crippen LogP contribution < -0.4 is 0 Å². The van der Waals surface area contributed by atoms with Gasteiger partial charge in [0, 0.05) is 5.92 Å². The normalized spacial score (nSPS) is 29.6. The first kappa shape index (κ1) is 15.8. The molecule has 0 unspecified atom stereocenters. The Bertz CT molecular complexity index is 439. The number of ether oxygens (including phenoxy) is 1. The molecule has 0 spiro atoms. The van der Waals surface area contributed by atoms with E-state index in [1.54, 1.807) is 0 Å². The van der Waals surface area contributed by atoms with Crippen LogP contribution in [0.1, 0.15) is 41.0 Å². The Kier molecular flexibility index (Phi) is 4.78. The van der Waals surface area contributed by atoms with Gasteiger partial charge in [0.25, 0.3) is 0 Å². The summed E-state index contributed by atoms with van der Waals surface area (Å²) < 4.78 is 30.2.